The van der Waals surface area contributed by atoms with Crippen molar-refractivity contribution in [3.05, 3.63) is 29.6 Å². The Bertz CT molecular complexity index is 335. The molecule has 0 saturated heterocycles. The Morgan fingerprint density at radius 3 is 3.15 bits per heavy atom. The minimum absolute atomic E-state index is 0.683. The van der Waals surface area contributed by atoms with Crippen molar-refractivity contribution in [2.75, 3.05) is 0 Å². The number of urea groups is 1. The maximum atomic E-state index is 10.3. The predicted molar refractivity (Wildman–Crippen MR) is 49.3 cm³/mol. The van der Waals surface area contributed by atoms with Gasteiger partial charge in [-0.1, -0.05) is 6.07 Å². The number of nitrogens with one attached hydrogen (secondary N) is 1. The molecule has 2 amide bonds. The predicted octanol–water partition coefficient (Wildman–Crippen LogP) is 0.392. The van der Waals surface area contributed by atoms with Crippen LogP contribution in [0, 0.1) is 6.92 Å². The molecule has 0 aliphatic heterocycles. The van der Waals surface area contributed by atoms with Crippen molar-refractivity contribution in [3.8, 4) is 0 Å². The molecule has 3 N–H and O–H groups in total. The zero-order chi connectivity index (χ0) is 9.68. The van der Waals surface area contributed by atoms with Crippen molar-refractivity contribution in [1.29, 1.82) is 0 Å². The lowest BCUT2D eigenvalue weighted by Gasteiger charge is -1.96. The Morgan fingerprint density at radius 1 is 1.77 bits per heavy atom. The Balaban J connectivity index is 2.68. The van der Waals surface area contributed by atoms with Gasteiger partial charge in [-0.15, -0.1) is 0 Å². The van der Waals surface area contributed by atoms with Gasteiger partial charge in [-0.25, -0.2) is 10.2 Å². The van der Waals surface area contributed by atoms with Crippen molar-refractivity contribution in [2.45, 2.75) is 6.92 Å². The fraction of sp³-hybridized carbons (Fsp3) is 0.125. The maximum Gasteiger partial charge on any atom is 0.332 e. The number of carbonyl (C=O) groups excluding carboxylic acids is 1. The Morgan fingerprint density at radius 2 is 2.54 bits per heavy atom. The van der Waals surface area contributed by atoms with Gasteiger partial charge in [0.05, 0.1) is 6.21 Å². The van der Waals surface area contributed by atoms with Crippen molar-refractivity contribution in [1.82, 2.24) is 10.4 Å². The van der Waals surface area contributed by atoms with Gasteiger partial charge in [0.25, 0.3) is 0 Å². The van der Waals surface area contributed by atoms with E-state index in [1.54, 1.807) is 12.3 Å². The topological polar surface area (TPSA) is 80.4 Å². The van der Waals surface area contributed by atoms with Crippen LogP contribution in [0.2, 0.25) is 0 Å². The molecular formula is C8H10N4O. The Hall–Kier alpha value is -1.91. The molecule has 1 aromatic rings. The quantitative estimate of drug-likeness (QED) is 0.507. The summed E-state index contributed by atoms with van der Waals surface area (Å²) in [5, 5.41) is 3.61. The lowest BCUT2D eigenvalue weighted by molar-refractivity contribution is 0.249. The minimum atomic E-state index is -0.683. The summed E-state index contributed by atoms with van der Waals surface area (Å²) in [4.78, 5) is 14.3. The van der Waals surface area contributed by atoms with E-state index in [1.807, 2.05) is 13.0 Å². The molecule has 0 aliphatic carbocycles. The van der Waals surface area contributed by atoms with Crippen LogP contribution in [0.3, 0.4) is 0 Å². The number of amides is 2. The molecule has 5 nitrogen and oxygen atoms in total. The number of nitrogens with two attached hydrogens (primary N) is 1. The van der Waals surface area contributed by atoms with Gasteiger partial charge in [0.15, 0.2) is 0 Å². The molecule has 1 aromatic heterocycles. The molecular weight excluding hydrogens is 168 g/mol. The summed E-state index contributed by atoms with van der Waals surface area (Å²) in [6.45, 7) is 1.85. The molecule has 0 spiro atoms. The van der Waals surface area contributed by atoms with Gasteiger partial charge in [0, 0.05) is 17.5 Å². The summed E-state index contributed by atoms with van der Waals surface area (Å²) in [6, 6.07) is 2.95. The van der Waals surface area contributed by atoms with E-state index in [0.29, 0.717) is 0 Å². The third kappa shape index (κ3) is 2.90. The van der Waals surface area contributed by atoms with Gasteiger partial charge >= 0.3 is 6.03 Å². The highest BCUT2D eigenvalue weighted by atomic mass is 16.2. The van der Waals surface area contributed by atoms with E-state index in [4.69, 9.17) is 5.73 Å². The first-order valence-electron chi connectivity index (χ1n) is 3.70. The molecule has 1 rings (SSSR count). The Kier molecular flexibility index (Phi) is 2.97. The molecule has 0 radical (unpaired) electrons. The van der Waals surface area contributed by atoms with Gasteiger partial charge in [0.2, 0.25) is 0 Å². The molecule has 0 atom stereocenters. The molecule has 1 heterocycles. The number of carbonyl (C=O) groups is 1. The van der Waals surface area contributed by atoms with Gasteiger partial charge in [-0.05, 0) is 13.0 Å². The Labute approximate surface area is 75.7 Å². The normalized spacial score (nSPS) is 10.2. The highest BCUT2D eigenvalue weighted by Gasteiger charge is 1.92. The molecule has 0 aliphatic rings. The third-order valence-electron chi connectivity index (χ3n) is 1.43. The number of pyridine rings is 1. The van der Waals surface area contributed by atoms with E-state index in [1.165, 1.54) is 6.21 Å². The monoisotopic (exact) mass is 178 g/mol. The smallest absolute Gasteiger partial charge is 0.332 e. The number of hydrazone groups is 1. The molecule has 68 valence electrons. The van der Waals surface area contributed by atoms with Crippen molar-refractivity contribution >= 4 is 12.2 Å². The van der Waals surface area contributed by atoms with Gasteiger partial charge in [0.1, 0.15) is 0 Å². The molecule has 5 heteroatoms. The summed E-state index contributed by atoms with van der Waals surface area (Å²) in [5.74, 6) is 0. The molecule has 0 unspecified atom stereocenters. The van der Waals surface area contributed by atoms with E-state index in [9.17, 15) is 4.79 Å². The number of primary amides is 1. The summed E-state index contributed by atoms with van der Waals surface area (Å²) < 4.78 is 0. The second-order valence-electron chi connectivity index (χ2n) is 2.41. The van der Waals surface area contributed by atoms with E-state index in [-0.39, 0.29) is 0 Å². The van der Waals surface area contributed by atoms with E-state index >= 15 is 0 Å². The van der Waals surface area contributed by atoms with Crippen LogP contribution < -0.4 is 11.2 Å². The van der Waals surface area contributed by atoms with Crippen LogP contribution in [0.4, 0.5) is 4.79 Å². The van der Waals surface area contributed by atoms with Crippen LogP contribution in [-0.4, -0.2) is 17.2 Å². The van der Waals surface area contributed by atoms with Crippen LogP contribution in [0.5, 0.6) is 0 Å². The van der Waals surface area contributed by atoms with Crippen molar-refractivity contribution in [3.63, 3.8) is 0 Å². The largest absolute Gasteiger partial charge is 0.350 e. The number of hydrogen-bond acceptors (Lipinski definition) is 3. The molecule has 0 bridgehead atoms. The third-order valence-corrected chi connectivity index (χ3v) is 1.43. The van der Waals surface area contributed by atoms with E-state index in [0.717, 1.165) is 11.3 Å². The number of aromatic nitrogens is 1. The summed E-state index contributed by atoms with van der Waals surface area (Å²) in [6.07, 6.45) is 3.18. The first-order valence-corrected chi connectivity index (χ1v) is 3.70. The lowest BCUT2D eigenvalue weighted by Crippen LogP contribution is -2.24. The number of rotatable bonds is 2. The fourth-order valence-electron chi connectivity index (χ4n) is 0.799. The first-order chi connectivity index (χ1) is 6.20. The molecule has 13 heavy (non-hydrogen) atoms. The standard InChI is InChI=1S/C8H10N4O/c1-6-7(3-2-4-10-6)5-11-12-8(9)13/h2-5H,1H3,(H3,9,12,13). The van der Waals surface area contributed by atoms with Crippen LogP contribution in [0.1, 0.15) is 11.3 Å². The second kappa shape index (κ2) is 4.20. The van der Waals surface area contributed by atoms with Gasteiger partial charge in [-0.2, -0.15) is 5.10 Å². The van der Waals surface area contributed by atoms with Crippen molar-refractivity contribution < 1.29 is 4.79 Å². The number of nitrogens with zero attached hydrogens (tertiary/aromatic N) is 2. The molecule has 0 saturated carbocycles. The van der Waals surface area contributed by atoms with E-state index < -0.39 is 6.03 Å². The fourth-order valence-corrected chi connectivity index (χ4v) is 0.799. The van der Waals surface area contributed by atoms with Crippen molar-refractivity contribution in [2.24, 2.45) is 10.8 Å². The summed E-state index contributed by atoms with van der Waals surface area (Å²) in [7, 11) is 0. The maximum absolute atomic E-state index is 10.3. The summed E-state index contributed by atoms with van der Waals surface area (Å²) in [5.41, 5.74) is 8.61. The van der Waals surface area contributed by atoms with Crippen LogP contribution >= 0.6 is 0 Å². The highest BCUT2D eigenvalue weighted by Crippen LogP contribution is 1.98. The zero-order valence-corrected chi connectivity index (χ0v) is 7.19. The minimum Gasteiger partial charge on any atom is -0.350 e. The lowest BCUT2D eigenvalue weighted by atomic mass is 10.2. The van der Waals surface area contributed by atoms with E-state index in [2.05, 4.69) is 15.5 Å². The average molecular weight is 178 g/mol. The molecule has 0 aromatic carbocycles. The SMILES string of the molecule is Cc1ncccc1C=NNC(N)=O. The average Bonchev–Trinajstić information content (AvgIpc) is 2.08. The van der Waals surface area contributed by atoms with Crippen LogP contribution in [0.25, 0.3) is 0 Å². The highest BCUT2D eigenvalue weighted by molar-refractivity contribution is 5.82. The van der Waals surface area contributed by atoms with Gasteiger partial charge in [-0.3, -0.25) is 4.98 Å². The number of aryl methyl sites for hydroxylation is 1. The second-order valence-corrected chi connectivity index (χ2v) is 2.41. The molecule has 0 fully saturated rings. The zero-order valence-electron chi connectivity index (χ0n) is 7.19. The van der Waals surface area contributed by atoms with Gasteiger partial charge < -0.3 is 5.73 Å². The first kappa shape index (κ1) is 9.18. The van der Waals surface area contributed by atoms with Crippen LogP contribution in [0.15, 0.2) is 23.4 Å². The summed E-state index contributed by atoms with van der Waals surface area (Å²) >= 11 is 0. The number of hydrogen-bond donors (Lipinski definition) is 2. The van der Waals surface area contributed by atoms with Crippen LogP contribution in [-0.2, 0) is 0 Å².